The molecular weight excluding hydrogens is 322 g/mol. The number of fused-ring (bicyclic) bond motifs is 1. The maximum Gasteiger partial charge on any atom is 0.243 e. The van der Waals surface area contributed by atoms with E-state index in [4.69, 9.17) is 14.8 Å². The maximum atomic E-state index is 12.0. The van der Waals surface area contributed by atoms with E-state index in [-0.39, 0.29) is 18.6 Å². The molecule has 1 unspecified atom stereocenters. The van der Waals surface area contributed by atoms with Crippen molar-refractivity contribution >= 4 is 11.6 Å². The van der Waals surface area contributed by atoms with Crippen LogP contribution in [0.1, 0.15) is 48.2 Å². The predicted molar refractivity (Wildman–Crippen MR) is 88.3 cm³/mol. The lowest BCUT2D eigenvalue weighted by Crippen LogP contribution is -2.33. The van der Waals surface area contributed by atoms with Crippen LogP contribution in [-0.2, 0) is 20.8 Å². The molecule has 0 aliphatic carbocycles. The summed E-state index contributed by atoms with van der Waals surface area (Å²) in [6.45, 7) is 4.45. The van der Waals surface area contributed by atoms with Gasteiger partial charge < -0.3 is 4.74 Å². The number of ether oxygens (including phenoxy) is 1. The molecule has 3 heterocycles. The summed E-state index contributed by atoms with van der Waals surface area (Å²) < 4.78 is 7.05. The first-order valence-corrected chi connectivity index (χ1v) is 8.40. The molecule has 1 N–H and O–H groups in total. The zero-order valence-corrected chi connectivity index (χ0v) is 14.4. The van der Waals surface area contributed by atoms with Gasteiger partial charge in [0.15, 0.2) is 11.9 Å². The molecule has 8 heteroatoms. The van der Waals surface area contributed by atoms with Gasteiger partial charge in [-0.05, 0) is 38.7 Å². The van der Waals surface area contributed by atoms with Crippen LogP contribution in [0.5, 0.6) is 0 Å². The molecule has 0 spiro atoms. The molecule has 0 saturated carbocycles. The third-order valence-electron chi connectivity index (χ3n) is 4.37. The maximum absolute atomic E-state index is 12.0. The first-order valence-electron chi connectivity index (χ1n) is 8.40. The molecule has 2 aromatic heterocycles. The molecule has 0 radical (unpaired) electrons. The number of hydroxylamine groups is 1. The topological polar surface area (TPSA) is 102 Å². The average Bonchev–Trinajstić information content (AvgIpc) is 3.03. The fourth-order valence-electron chi connectivity index (χ4n) is 2.98. The van der Waals surface area contributed by atoms with Crippen molar-refractivity contribution in [3.63, 3.8) is 0 Å². The van der Waals surface area contributed by atoms with Crippen LogP contribution in [0.3, 0.4) is 0 Å². The Bertz CT molecular complexity index is 818. The molecular formula is C17H21N5O3. The number of hydrogen-bond donors (Lipinski definition) is 1. The van der Waals surface area contributed by atoms with Crippen molar-refractivity contribution in [3.8, 4) is 6.07 Å². The largest absolute Gasteiger partial charge is 0.350 e. The fraction of sp³-hybridized carbons (Fsp3) is 0.529. The second kappa shape index (κ2) is 7.59. The number of carbonyl (C=O) groups excluding carboxylic acids is 1. The van der Waals surface area contributed by atoms with Crippen LogP contribution in [-0.4, -0.2) is 33.4 Å². The summed E-state index contributed by atoms with van der Waals surface area (Å²) >= 11 is 0. The number of rotatable bonds is 5. The number of carbonyl (C=O) groups is 1. The lowest BCUT2D eigenvalue weighted by atomic mass is 10.1. The number of aromatic nitrogens is 3. The molecule has 1 amide bonds. The summed E-state index contributed by atoms with van der Waals surface area (Å²) in [4.78, 5) is 21.8. The molecule has 2 aromatic rings. The molecule has 0 bridgehead atoms. The highest BCUT2D eigenvalue weighted by molar-refractivity contribution is 5.75. The van der Waals surface area contributed by atoms with Crippen LogP contribution in [0.15, 0.2) is 6.20 Å². The third-order valence-corrected chi connectivity index (χ3v) is 4.37. The van der Waals surface area contributed by atoms with Crippen LogP contribution in [0.2, 0.25) is 0 Å². The average molecular weight is 343 g/mol. The lowest BCUT2D eigenvalue weighted by molar-refractivity contribution is -0.200. The third kappa shape index (κ3) is 3.78. The smallest absolute Gasteiger partial charge is 0.243 e. The Morgan fingerprint density at radius 3 is 3.08 bits per heavy atom. The summed E-state index contributed by atoms with van der Waals surface area (Å²) in [7, 11) is 0. The summed E-state index contributed by atoms with van der Waals surface area (Å²) in [6, 6.07) is 2.08. The van der Waals surface area contributed by atoms with Crippen molar-refractivity contribution in [2.45, 2.75) is 52.2 Å². The summed E-state index contributed by atoms with van der Waals surface area (Å²) in [5, 5.41) is 13.3. The minimum atomic E-state index is -0.354. The van der Waals surface area contributed by atoms with Crippen LogP contribution >= 0.6 is 0 Å². The number of amides is 1. The van der Waals surface area contributed by atoms with Crippen LogP contribution in [0.4, 0.5) is 0 Å². The molecule has 0 aromatic carbocycles. The van der Waals surface area contributed by atoms with Gasteiger partial charge in [0.2, 0.25) is 5.91 Å². The van der Waals surface area contributed by atoms with Gasteiger partial charge in [-0.25, -0.2) is 19.8 Å². The summed E-state index contributed by atoms with van der Waals surface area (Å²) in [6.07, 6.45) is 4.80. The van der Waals surface area contributed by atoms with Crippen LogP contribution in [0.25, 0.3) is 5.65 Å². The Labute approximate surface area is 145 Å². The first-order chi connectivity index (χ1) is 12.1. The van der Waals surface area contributed by atoms with Gasteiger partial charge in [0.25, 0.3) is 0 Å². The fourth-order valence-corrected chi connectivity index (χ4v) is 2.98. The van der Waals surface area contributed by atoms with E-state index in [1.807, 2.05) is 13.8 Å². The highest BCUT2D eigenvalue weighted by Gasteiger charge is 2.17. The van der Waals surface area contributed by atoms with E-state index in [2.05, 4.69) is 21.6 Å². The number of nitrogens with one attached hydrogen (secondary N) is 1. The molecule has 1 aliphatic heterocycles. The lowest BCUT2D eigenvalue weighted by Gasteiger charge is -2.22. The highest BCUT2D eigenvalue weighted by atomic mass is 16.8. The molecule has 1 fully saturated rings. The van der Waals surface area contributed by atoms with Crippen molar-refractivity contribution in [2.75, 3.05) is 6.61 Å². The second-order valence-corrected chi connectivity index (χ2v) is 6.11. The number of nitriles is 1. The Morgan fingerprint density at radius 1 is 1.52 bits per heavy atom. The predicted octanol–water partition coefficient (Wildman–Crippen LogP) is 1.72. The molecule has 25 heavy (non-hydrogen) atoms. The van der Waals surface area contributed by atoms with Gasteiger partial charge in [-0.15, -0.1) is 0 Å². The zero-order valence-electron chi connectivity index (χ0n) is 14.4. The van der Waals surface area contributed by atoms with Gasteiger partial charge in [0.05, 0.1) is 6.20 Å². The quantitative estimate of drug-likeness (QED) is 0.830. The molecule has 1 atom stereocenters. The van der Waals surface area contributed by atoms with E-state index < -0.39 is 0 Å². The Balaban J connectivity index is 1.62. The SMILES string of the molecule is Cc1nc2c(C#N)cnn2c(C)c1CCC(=O)NOC1CCCCO1. The zero-order chi connectivity index (χ0) is 17.8. The molecule has 8 nitrogen and oxygen atoms in total. The standard InChI is InChI=1S/C17H21N5O3/c1-11-14(12(2)22-17(20-11)13(9-18)10-19-22)6-7-15(23)21-25-16-5-3-4-8-24-16/h10,16H,3-8H2,1-2H3,(H,21,23). The molecule has 132 valence electrons. The van der Waals surface area contributed by atoms with E-state index >= 15 is 0 Å². The van der Waals surface area contributed by atoms with Gasteiger partial charge in [-0.2, -0.15) is 10.4 Å². The van der Waals surface area contributed by atoms with Crippen molar-refractivity contribution in [1.29, 1.82) is 5.26 Å². The summed E-state index contributed by atoms with van der Waals surface area (Å²) in [5.74, 6) is -0.203. The Kier molecular flexibility index (Phi) is 5.26. The van der Waals surface area contributed by atoms with Crippen LogP contribution in [0, 0.1) is 25.2 Å². The monoisotopic (exact) mass is 343 g/mol. The van der Waals surface area contributed by atoms with Crippen molar-refractivity contribution < 1.29 is 14.4 Å². The van der Waals surface area contributed by atoms with Gasteiger partial charge in [-0.3, -0.25) is 4.79 Å². The van der Waals surface area contributed by atoms with Gasteiger partial charge >= 0.3 is 0 Å². The molecule has 3 rings (SSSR count). The van der Waals surface area contributed by atoms with Gasteiger partial charge in [-0.1, -0.05) is 0 Å². The van der Waals surface area contributed by atoms with Crippen molar-refractivity contribution in [1.82, 2.24) is 20.1 Å². The Morgan fingerprint density at radius 2 is 2.36 bits per heavy atom. The van der Waals surface area contributed by atoms with Crippen molar-refractivity contribution in [2.24, 2.45) is 0 Å². The first kappa shape index (κ1) is 17.3. The summed E-state index contributed by atoms with van der Waals surface area (Å²) in [5.41, 5.74) is 6.08. The van der Waals surface area contributed by atoms with E-state index in [0.29, 0.717) is 24.2 Å². The van der Waals surface area contributed by atoms with E-state index in [1.54, 1.807) is 4.52 Å². The van der Waals surface area contributed by atoms with E-state index in [0.717, 1.165) is 36.2 Å². The Hall–Kier alpha value is -2.50. The minimum absolute atomic E-state index is 0.203. The second-order valence-electron chi connectivity index (χ2n) is 6.11. The number of aryl methyl sites for hydroxylation is 2. The molecule has 1 saturated heterocycles. The van der Waals surface area contributed by atoms with Gasteiger partial charge in [0, 0.05) is 30.8 Å². The molecule has 1 aliphatic rings. The number of nitrogens with zero attached hydrogens (tertiary/aromatic N) is 4. The van der Waals surface area contributed by atoms with Crippen molar-refractivity contribution in [3.05, 3.63) is 28.7 Å². The normalized spacial score (nSPS) is 17.4. The minimum Gasteiger partial charge on any atom is -0.350 e. The highest BCUT2D eigenvalue weighted by Crippen LogP contribution is 2.18. The van der Waals surface area contributed by atoms with E-state index in [1.165, 1.54) is 6.20 Å². The van der Waals surface area contributed by atoms with E-state index in [9.17, 15) is 4.79 Å². The number of hydrogen-bond acceptors (Lipinski definition) is 6. The van der Waals surface area contributed by atoms with Crippen LogP contribution < -0.4 is 5.48 Å². The van der Waals surface area contributed by atoms with Gasteiger partial charge in [0.1, 0.15) is 11.6 Å².